The van der Waals surface area contributed by atoms with Crippen molar-refractivity contribution in [3.63, 3.8) is 0 Å². The fraction of sp³-hybridized carbons (Fsp3) is 0.136. The molecule has 0 N–H and O–H groups in total. The standard InChI is InChI=1S/C22H19ClN4O/c23-20-10-13-22(19(14-20)9-6-17-4-2-1-3-5-17)28-15-18-7-11-21(12-8-18)27-16-24-25-26-27/h1-5,7-8,10-14,16H,6,9,15H2. The van der Waals surface area contributed by atoms with Gasteiger partial charge in [-0.1, -0.05) is 54.1 Å². The van der Waals surface area contributed by atoms with Gasteiger partial charge in [-0.3, -0.25) is 0 Å². The van der Waals surface area contributed by atoms with Gasteiger partial charge in [-0.2, -0.15) is 0 Å². The average molecular weight is 391 g/mol. The Morgan fingerprint density at radius 1 is 0.857 bits per heavy atom. The molecule has 0 saturated heterocycles. The Hall–Kier alpha value is -3.18. The molecule has 5 nitrogen and oxygen atoms in total. The van der Waals surface area contributed by atoms with Crippen LogP contribution in [0.2, 0.25) is 5.02 Å². The molecule has 6 heteroatoms. The van der Waals surface area contributed by atoms with Crippen molar-refractivity contribution in [1.82, 2.24) is 20.2 Å². The van der Waals surface area contributed by atoms with Gasteiger partial charge in [0.2, 0.25) is 0 Å². The number of tetrazole rings is 1. The third kappa shape index (κ3) is 4.56. The average Bonchev–Trinajstić information content (AvgIpc) is 3.28. The number of nitrogens with zero attached hydrogens (tertiary/aromatic N) is 4. The number of aryl methyl sites for hydroxylation is 2. The molecule has 0 bridgehead atoms. The number of hydrogen-bond donors (Lipinski definition) is 0. The zero-order valence-electron chi connectivity index (χ0n) is 15.2. The van der Waals surface area contributed by atoms with Crippen molar-refractivity contribution in [2.75, 3.05) is 0 Å². The Balaban J connectivity index is 1.43. The second-order valence-electron chi connectivity index (χ2n) is 6.45. The van der Waals surface area contributed by atoms with Crippen LogP contribution in [0.3, 0.4) is 0 Å². The molecular formula is C22H19ClN4O. The predicted molar refractivity (Wildman–Crippen MR) is 109 cm³/mol. The largest absolute Gasteiger partial charge is 0.489 e. The molecule has 140 valence electrons. The summed E-state index contributed by atoms with van der Waals surface area (Å²) >= 11 is 6.21. The van der Waals surface area contributed by atoms with E-state index in [1.807, 2.05) is 48.5 Å². The lowest BCUT2D eigenvalue weighted by atomic mass is 10.0. The zero-order chi connectivity index (χ0) is 19.2. The Morgan fingerprint density at radius 3 is 2.43 bits per heavy atom. The highest BCUT2D eigenvalue weighted by Gasteiger charge is 2.07. The number of ether oxygens (including phenoxy) is 1. The minimum Gasteiger partial charge on any atom is -0.489 e. The van der Waals surface area contributed by atoms with E-state index in [2.05, 4.69) is 39.8 Å². The van der Waals surface area contributed by atoms with E-state index in [4.69, 9.17) is 16.3 Å². The van der Waals surface area contributed by atoms with E-state index in [9.17, 15) is 0 Å². The first-order chi connectivity index (χ1) is 13.8. The highest BCUT2D eigenvalue weighted by molar-refractivity contribution is 6.30. The van der Waals surface area contributed by atoms with Crippen LogP contribution >= 0.6 is 11.6 Å². The summed E-state index contributed by atoms with van der Waals surface area (Å²) in [6.45, 7) is 0.482. The van der Waals surface area contributed by atoms with Gasteiger partial charge in [0.1, 0.15) is 18.7 Å². The lowest BCUT2D eigenvalue weighted by molar-refractivity contribution is 0.303. The van der Waals surface area contributed by atoms with Crippen LogP contribution in [0.1, 0.15) is 16.7 Å². The van der Waals surface area contributed by atoms with Gasteiger partial charge >= 0.3 is 0 Å². The molecular weight excluding hydrogens is 372 g/mol. The van der Waals surface area contributed by atoms with Crippen molar-refractivity contribution in [3.05, 3.63) is 101 Å². The van der Waals surface area contributed by atoms with Crippen LogP contribution in [0, 0.1) is 0 Å². The van der Waals surface area contributed by atoms with Crippen molar-refractivity contribution >= 4 is 11.6 Å². The molecule has 1 heterocycles. The molecule has 0 unspecified atom stereocenters. The Bertz CT molecular complexity index is 1020. The number of benzene rings is 3. The van der Waals surface area contributed by atoms with Crippen LogP contribution in [0.25, 0.3) is 5.69 Å². The molecule has 0 atom stereocenters. The normalized spacial score (nSPS) is 10.8. The van der Waals surface area contributed by atoms with Crippen molar-refractivity contribution < 1.29 is 4.74 Å². The molecule has 0 amide bonds. The molecule has 3 aromatic carbocycles. The van der Waals surface area contributed by atoms with Crippen molar-refractivity contribution in [2.45, 2.75) is 19.4 Å². The van der Waals surface area contributed by atoms with Crippen LogP contribution < -0.4 is 4.74 Å². The quantitative estimate of drug-likeness (QED) is 0.459. The van der Waals surface area contributed by atoms with E-state index in [-0.39, 0.29) is 0 Å². The highest BCUT2D eigenvalue weighted by atomic mass is 35.5. The first kappa shape index (κ1) is 18.2. The Kier molecular flexibility index (Phi) is 5.64. The SMILES string of the molecule is Clc1ccc(OCc2ccc(-n3cnnn3)cc2)c(CCc2ccccc2)c1. The molecule has 0 radical (unpaired) electrons. The summed E-state index contributed by atoms with van der Waals surface area (Å²) in [5.74, 6) is 0.866. The van der Waals surface area contributed by atoms with Gasteiger partial charge in [-0.25, -0.2) is 4.68 Å². The van der Waals surface area contributed by atoms with Crippen molar-refractivity contribution in [1.29, 1.82) is 0 Å². The van der Waals surface area contributed by atoms with Crippen LogP contribution in [0.5, 0.6) is 5.75 Å². The van der Waals surface area contributed by atoms with Crippen LogP contribution in [0.4, 0.5) is 0 Å². The molecule has 0 saturated carbocycles. The fourth-order valence-corrected chi connectivity index (χ4v) is 3.19. The summed E-state index contributed by atoms with van der Waals surface area (Å²) < 4.78 is 7.71. The topological polar surface area (TPSA) is 52.8 Å². The van der Waals surface area contributed by atoms with Gasteiger partial charge < -0.3 is 4.74 Å². The molecule has 0 spiro atoms. The van der Waals surface area contributed by atoms with Crippen molar-refractivity contribution in [3.8, 4) is 11.4 Å². The van der Waals surface area contributed by atoms with Crippen LogP contribution in [-0.2, 0) is 19.4 Å². The van der Waals surface area contributed by atoms with Gasteiger partial charge in [0.25, 0.3) is 0 Å². The van der Waals surface area contributed by atoms with Crippen molar-refractivity contribution in [2.24, 2.45) is 0 Å². The smallest absolute Gasteiger partial charge is 0.143 e. The number of halogens is 1. The lowest BCUT2D eigenvalue weighted by Gasteiger charge is -2.13. The van der Waals surface area contributed by atoms with Gasteiger partial charge in [0, 0.05) is 5.02 Å². The van der Waals surface area contributed by atoms with Crippen LogP contribution in [0.15, 0.2) is 79.1 Å². The van der Waals surface area contributed by atoms with Crippen LogP contribution in [-0.4, -0.2) is 20.2 Å². The van der Waals surface area contributed by atoms with E-state index in [0.29, 0.717) is 6.61 Å². The lowest BCUT2D eigenvalue weighted by Crippen LogP contribution is -2.01. The molecule has 0 aliphatic heterocycles. The van der Waals surface area contributed by atoms with E-state index in [0.717, 1.165) is 40.4 Å². The summed E-state index contributed by atoms with van der Waals surface area (Å²) in [7, 11) is 0. The van der Waals surface area contributed by atoms with Gasteiger partial charge in [0.05, 0.1) is 5.69 Å². The fourth-order valence-electron chi connectivity index (χ4n) is 2.99. The van der Waals surface area contributed by atoms with E-state index in [1.165, 1.54) is 5.56 Å². The maximum atomic E-state index is 6.21. The minimum absolute atomic E-state index is 0.482. The molecule has 0 aliphatic rings. The van der Waals surface area contributed by atoms with Gasteiger partial charge in [0.15, 0.2) is 0 Å². The number of hydrogen-bond acceptors (Lipinski definition) is 4. The summed E-state index contributed by atoms with van der Waals surface area (Å²) in [6, 6.07) is 24.2. The second kappa shape index (κ2) is 8.67. The van der Waals surface area contributed by atoms with Gasteiger partial charge in [-0.15, -0.1) is 5.10 Å². The monoisotopic (exact) mass is 390 g/mol. The van der Waals surface area contributed by atoms with Gasteiger partial charge in [-0.05, 0) is 70.3 Å². The summed E-state index contributed by atoms with van der Waals surface area (Å²) in [5.41, 5.74) is 4.39. The predicted octanol–water partition coefficient (Wildman–Crippen LogP) is 4.68. The molecule has 1 aromatic heterocycles. The summed E-state index contributed by atoms with van der Waals surface area (Å²) in [4.78, 5) is 0. The maximum absolute atomic E-state index is 6.21. The summed E-state index contributed by atoms with van der Waals surface area (Å²) in [6.07, 6.45) is 3.38. The molecule has 4 rings (SSSR count). The first-order valence-corrected chi connectivity index (χ1v) is 9.43. The maximum Gasteiger partial charge on any atom is 0.143 e. The minimum atomic E-state index is 0.482. The molecule has 4 aromatic rings. The van der Waals surface area contributed by atoms with E-state index < -0.39 is 0 Å². The second-order valence-corrected chi connectivity index (χ2v) is 6.88. The molecule has 28 heavy (non-hydrogen) atoms. The first-order valence-electron chi connectivity index (χ1n) is 9.05. The summed E-state index contributed by atoms with van der Waals surface area (Å²) in [5, 5.41) is 11.9. The number of rotatable bonds is 7. The third-order valence-corrected chi connectivity index (χ3v) is 4.73. The third-order valence-electron chi connectivity index (χ3n) is 4.49. The highest BCUT2D eigenvalue weighted by Crippen LogP contribution is 2.25. The van der Waals surface area contributed by atoms with E-state index in [1.54, 1.807) is 11.0 Å². The Labute approximate surface area is 168 Å². The van der Waals surface area contributed by atoms with E-state index >= 15 is 0 Å². The molecule has 0 fully saturated rings. The Morgan fingerprint density at radius 2 is 1.68 bits per heavy atom. The molecule has 0 aliphatic carbocycles. The zero-order valence-corrected chi connectivity index (χ0v) is 16.0. The number of aromatic nitrogens is 4.